The van der Waals surface area contributed by atoms with Crippen LogP contribution >= 0.6 is 11.3 Å². The third-order valence-electron chi connectivity index (χ3n) is 3.68. The maximum Gasteiger partial charge on any atom is 0.318 e. The molecule has 0 fully saturated rings. The van der Waals surface area contributed by atoms with Gasteiger partial charge in [0, 0.05) is 29.4 Å². The van der Waals surface area contributed by atoms with Crippen LogP contribution in [0.25, 0.3) is 10.6 Å². The van der Waals surface area contributed by atoms with Gasteiger partial charge in [0.2, 0.25) is 0 Å². The number of methoxy groups -OCH3 is 1. The second kappa shape index (κ2) is 8.33. The van der Waals surface area contributed by atoms with E-state index >= 15 is 0 Å². The molecule has 138 valence electrons. The van der Waals surface area contributed by atoms with Crippen LogP contribution in [0.2, 0.25) is 0 Å². The van der Waals surface area contributed by atoms with Gasteiger partial charge in [-0.15, -0.1) is 11.3 Å². The van der Waals surface area contributed by atoms with E-state index < -0.39 is 0 Å². The van der Waals surface area contributed by atoms with Gasteiger partial charge < -0.3 is 20.7 Å². The summed E-state index contributed by atoms with van der Waals surface area (Å²) in [4.78, 5) is 28.3. The Morgan fingerprint density at radius 1 is 1.04 bits per heavy atom. The molecule has 3 rings (SSSR count). The zero-order chi connectivity index (χ0) is 19.2. The maximum absolute atomic E-state index is 12.5. The van der Waals surface area contributed by atoms with Crippen molar-refractivity contribution in [2.45, 2.75) is 0 Å². The Bertz CT molecular complexity index is 954. The van der Waals surface area contributed by atoms with Gasteiger partial charge in [-0.05, 0) is 42.5 Å². The summed E-state index contributed by atoms with van der Waals surface area (Å²) in [5, 5.41) is 10.4. The van der Waals surface area contributed by atoms with Crippen LogP contribution in [0.5, 0.6) is 5.75 Å². The van der Waals surface area contributed by atoms with Crippen molar-refractivity contribution >= 4 is 34.6 Å². The molecular formula is C19H18N4O3S. The normalized spacial score (nSPS) is 10.1. The summed E-state index contributed by atoms with van der Waals surface area (Å²) in [6.45, 7) is 0. The molecule has 0 spiro atoms. The highest BCUT2D eigenvalue weighted by molar-refractivity contribution is 7.13. The highest BCUT2D eigenvalue weighted by atomic mass is 32.1. The fourth-order valence-corrected chi connectivity index (χ4v) is 3.11. The predicted molar refractivity (Wildman–Crippen MR) is 107 cm³/mol. The third-order valence-corrected chi connectivity index (χ3v) is 4.57. The number of hydrogen-bond acceptors (Lipinski definition) is 5. The Balaban J connectivity index is 1.70. The van der Waals surface area contributed by atoms with E-state index in [2.05, 4.69) is 20.9 Å². The molecule has 27 heavy (non-hydrogen) atoms. The second-order valence-electron chi connectivity index (χ2n) is 5.51. The molecule has 7 nitrogen and oxygen atoms in total. The Labute approximate surface area is 160 Å². The van der Waals surface area contributed by atoms with Crippen LogP contribution in [-0.2, 0) is 0 Å². The minimum atomic E-state index is -0.331. The number of ether oxygens (including phenoxy) is 1. The Kier molecular flexibility index (Phi) is 5.68. The predicted octanol–water partition coefficient (Wildman–Crippen LogP) is 3.82. The zero-order valence-corrected chi connectivity index (χ0v) is 15.6. The van der Waals surface area contributed by atoms with E-state index in [1.54, 1.807) is 36.8 Å². The molecule has 3 N–H and O–H groups in total. The van der Waals surface area contributed by atoms with Gasteiger partial charge in [-0.2, -0.15) is 0 Å². The third kappa shape index (κ3) is 4.62. The summed E-state index contributed by atoms with van der Waals surface area (Å²) in [6.07, 6.45) is 0. The van der Waals surface area contributed by atoms with E-state index in [9.17, 15) is 9.59 Å². The average molecular weight is 382 g/mol. The lowest BCUT2D eigenvalue weighted by molar-refractivity contribution is 0.102. The first-order valence-electron chi connectivity index (χ1n) is 8.09. The van der Waals surface area contributed by atoms with Crippen LogP contribution in [0.4, 0.5) is 16.2 Å². The monoisotopic (exact) mass is 382 g/mol. The molecule has 3 aromatic rings. The quantitative estimate of drug-likeness (QED) is 0.625. The van der Waals surface area contributed by atoms with Crippen molar-refractivity contribution in [3.63, 3.8) is 0 Å². The highest BCUT2D eigenvalue weighted by Gasteiger charge is 2.13. The first-order chi connectivity index (χ1) is 13.1. The number of nitrogens with one attached hydrogen (secondary N) is 3. The van der Waals surface area contributed by atoms with Gasteiger partial charge in [-0.1, -0.05) is 6.07 Å². The van der Waals surface area contributed by atoms with E-state index in [-0.39, 0.29) is 11.9 Å². The number of carbonyl (C=O) groups is 2. The fourth-order valence-electron chi connectivity index (χ4n) is 2.31. The number of aromatic nitrogens is 1. The number of nitrogens with zero attached hydrogens (tertiary/aromatic N) is 1. The number of hydrogen-bond donors (Lipinski definition) is 3. The standard InChI is InChI=1S/C19H18N4O3S/c1-20-19(25)22-14-5-3-4-13(10-14)21-17(24)16-11-27-18(23-16)12-6-8-15(26-2)9-7-12/h3-11H,1-2H3,(H,21,24)(H2,20,22,25). The second-order valence-corrected chi connectivity index (χ2v) is 6.36. The number of rotatable bonds is 5. The summed E-state index contributed by atoms with van der Waals surface area (Å²) >= 11 is 1.39. The molecule has 0 radical (unpaired) electrons. The van der Waals surface area contributed by atoms with Crippen LogP contribution in [0.15, 0.2) is 53.9 Å². The highest BCUT2D eigenvalue weighted by Crippen LogP contribution is 2.26. The first-order valence-corrected chi connectivity index (χ1v) is 8.97. The maximum atomic E-state index is 12.5. The largest absolute Gasteiger partial charge is 0.497 e. The van der Waals surface area contributed by atoms with Gasteiger partial charge in [0.25, 0.3) is 5.91 Å². The van der Waals surface area contributed by atoms with Crippen LogP contribution in [0, 0.1) is 0 Å². The van der Waals surface area contributed by atoms with E-state index in [1.807, 2.05) is 24.3 Å². The molecule has 0 bridgehead atoms. The first kappa shape index (κ1) is 18.4. The molecule has 0 unspecified atom stereocenters. The number of amides is 3. The van der Waals surface area contributed by atoms with Gasteiger partial charge in [0.05, 0.1) is 7.11 Å². The number of urea groups is 1. The molecule has 1 aromatic heterocycles. The molecule has 2 aromatic carbocycles. The minimum absolute atomic E-state index is 0.317. The minimum Gasteiger partial charge on any atom is -0.497 e. The zero-order valence-electron chi connectivity index (χ0n) is 14.8. The molecule has 0 aliphatic carbocycles. The molecule has 1 heterocycles. The molecule has 3 amide bonds. The van der Waals surface area contributed by atoms with Crippen LogP contribution in [0.3, 0.4) is 0 Å². The topological polar surface area (TPSA) is 92.4 Å². The van der Waals surface area contributed by atoms with Crippen molar-refractivity contribution in [3.8, 4) is 16.3 Å². The van der Waals surface area contributed by atoms with Crippen molar-refractivity contribution in [1.82, 2.24) is 10.3 Å². The fraction of sp³-hybridized carbons (Fsp3) is 0.105. The summed E-state index contributed by atoms with van der Waals surface area (Å²) in [7, 11) is 3.14. The summed E-state index contributed by atoms with van der Waals surface area (Å²) < 4.78 is 5.14. The van der Waals surface area contributed by atoms with Crippen molar-refractivity contribution < 1.29 is 14.3 Å². The van der Waals surface area contributed by atoms with Gasteiger partial charge in [-0.3, -0.25) is 4.79 Å². The van der Waals surface area contributed by atoms with Gasteiger partial charge in [0.1, 0.15) is 16.5 Å². The molecule has 0 aliphatic rings. The Morgan fingerprint density at radius 3 is 2.41 bits per heavy atom. The van der Waals surface area contributed by atoms with Crippen LogP contribution in [0.1, 0.15) is 10.5 Å². The number of thiazole rings is 1. The molecule has 8 heteroatoms. The SMILES string of the molecule is CNC(=O)Nc1cccc(NC(=O)c2csc(-c3ccc(OC)cc3)n2)c1. The average Bonchev–Trinajstić information content (AvgIpc) is 3.18. The summed E-state index contributed by atoms with van der Waals surface area (Å²) in [5.41, 5.74) is 2.38. The lowest BCUT2D eigenvalue weighted by Crippen LogP contribution is -2.24. The van der Waals surface area contributed by atoms with Gasteiger partial charge in [-0.25, -0.2) is 9.78 Å². The van der Waals surface area contributed by atoms with E-state index in [0.29, 0.717) is 17.1 Å². The van der Waals surface area contributed by atoms with E-state index in [1.165, 1.54) is 18.4 Å². The van der Waals surface area contributed by atoms with Crippen molar-refractivity contribution in [3.05, 3.63) is 59.6 Å². The number of benzene rings is 2. The molecule has 0 atom stereocenters. The summed E-state index contributed by atoms with van der Waals surface area (Å²) in [5.74, 6) is 0.446. The molecule has 0 saturated carbocycles. The molecule has 0 saturated heterocycles. The van der Waals surface area contributed by atoms with E-state index in [0.717, 1.165) is 16.3 Å². The molecule has 0 aliphatic heterocycles. The lowest BCUT2D eigenvalue weighted by Gasteiger charge is -2.07. The Morgan fingerprint density at radius 2 is 1.74 bits per heavy atom. The number of carbonyl (C=O) groups excluding carboxylic acids is 2. The van der Waals surface area contributed by atoms with Crippen LogP contribution in [-0.4, -0.2) is 31.1 Å². The summed E-state index contributed by atoms with van der Waals surface area (Å²) in [6, 6.07) is 14.0. The van der Waals surface area contributed by atoms with Crippen molar-refractivity contribution in [1.29, 1.82) is 0 Å². The Hall–Kier alpha value is -3.39. The van der Waals surface area contributed by atoms with E-state index in [4.69, 9.17) is 4.74 Å². The molecular weight excluding hydrogens is 364 g/mol. The van der Waals surface area contributed by atoms with Gasteiger partial charge >= 0.3 is 6.03 Å². The smallest absolute Gasteiger partial charge is 0.318 e. The van der Waals surface area contributed by atoms with Crippen molar-refractivity contribution in [2.75, 3.05) is 24.8 Å². The van der Waals surface area contributed by atoms with Gasteiger partial charge in [0.15, 0.2) is 0 Å². The van der Waals surface area contributed by atoms with Crippen LogP contribution < -0.4 is 20.7 Å². The lowest BCUT2D eigenvalue weighted by atomic mass is 10.2. The van der Waals surface area contributed by atoms with Crippen molar-refractivity contribution in [2.24, 2.45) is 0 Å². The number of anilines is 2.